The lowest BCUT2D eigenvalue weighted by atomic mass is 10.0. The normalized spacial score (nSPS) is 31.3. The Morgan fingerprint density at radius 3 is 2.32 bits per heavy atom. The van der Waals surface area contributed by atoms with Gasteiger partial charge in [0.05, 0.1) is 0 Å². The number of nitrogens with one attached hydrogen (secondary N) is 1. The zero-order chi connectivity index (χ0) is 14.0. The van der Waals surface area contributed by atoms with E-state index in [-0.39, 0.29) is 0 Å². The highest BCUT2D eigenvalue weighted by molar-refractivity contribution is 4.93. The molecule has 0 aromatic heterocycles. The molecule has 0 aromatic rings. The van der Waals surface area contributed by atoms with E-state index in [0.29, 0.717) is 5.54 Å². The molecule has 2 rings (SSSR count). The maximum atomic E-state index is 3.45. The summed E-state index contributed by atoms with van der Waals surface area (Å²) in [6.45, 7) is 15.5. The summed E-state index contributed by atoms with van der Waals surface area (Å²) in [7, 11) is 4.43. The molecule has 112 valence electrons. The molecule has 0 saturated carbocycles. The van der Waals surface area contributed by atoms with Crippen LogP contribution in [0.3, 0.4) is 0 Å². The van der Waals surface area contributed by atoms with E-state index in [1.54, 1.807) is 0 Å². The van der Waals surface area contributed by atoms with Crippen molar-refractivity contribution >= 4 is 0 Å². The quantitative estimate of drug-likeness (QED) is 0.804. The fourth-order valence-corrected chi connectivity index (χ4v) is 3.77. The van der Waals surface area contributed by atoms with Crippen molar-refractivity contribution in [2.45, 2.75) is 32.4 Å². The molecule has 1 N–H and O–H groups in total. The van der Waals surface area contributed by atoms with Crippen molar-refractivity contribution < 1.29 is 0 Å². The molecule has 0 amide bonds. The Bertz CT molecular complexity index is 284. The fourth-order valence-electron chi connectivity index (χ4n) is 3.77. The van der Waals surface area contributed by atoms with Crippen LogP contribution in [0.2, 0.25) is 0 Å². The van der Waals surface area contributed by atoms with Crippen molar-refractivity contribution in [1.82, 2.24) is 20.0 Å². The molecule has 2 atom stereocenters. The predicted octanol–water partition coefficient (Wildman–Crippen LogP) is 0.552. The van der Waals surface area contributed by atoms with Crippen LogP contribution in [0, 0.1) is 5.92 Å². The molecule has 0 aromatic carbocycles. The molecule has 0 bridgehead atoms. The minimum absolute atomic E-state index is 0.295. The lowest BCUT2D eigenvalue weighted by molar-refractivity contribution is 0.0685. The van der Waals surface area contributed by atoms with E-state index in [0.717, 1.165) is 25.0 Å². The van der Waals surface area contributed by atoms with Gasteiger partial charge in [-0.1, -0.05) is 6.92 Å². The van der Waals surface area contributed by atoms with E-state index in [9.17, 15) is 0 Å². The molecule has 4 nitrogen and oxygen atoms in total. The summed E-state index contributed by atoms with van der Waals surface area (Å²) in [5, 5.41) is 3.45. The van der Waals surface area contributed by atoms with Gasteiger partial charge in [-0.2, -0.15) is 0 Å². The highest BCUT2D eigenvalue weighted by atomic mass is 15.3. The van der Waals surface area contributed by atoms with Gasteiger partial charge < -0.3 is 10.2 Å². The monoisotopic (exact) mass is 268 g/mol. The van der Waals surface area contributed by atoms with Crippen LogP contribution in [-0.4, -0.2) is 86.2 Å². The van der Waals surface area contributed by atoms with Crippen LogP contribution in [0.15, 0.2) is 0 Å². The van der Waals surface area contributed by atoms with Crippen LogP contribution in [0.25, 0.3) is 0 Å². The Hall–Kier alpha value is -0.160. The summed E-state index contributed by atoms with van der Waals surface area (Å²) < 4.78 is 0. The molecule has 2 fully saturated rings. The standard InChI is InChI=1S/C15H32N4/c1-13-10-18(11-14(13)17(4)5)12-15(2,3)19-8-6-16-7-9-19/h13-14,16H,6-12H2,1-5H3. The maximum absolute atomic E-state index is 3.45. The molecule has 2 unspecified atom stereocenters. The third kappa shape index (κ3) is 3.69. The Kier molecular flexibility index (Phi) is 4.88. The molecule has 19 heavy (non-hydrogen) atoms. The average Bonchev–Trinajstić information content (AvgIpc) is 2.71. The van der Waals surface area contributed by atoms with Gasteiger partial charge in [0, 0.05) is 57.4 Å². The minimum atomic E-state index is 0.295. The molecule has 4 heteroatoms. The number of hydrogen-bond donors (Lipinski definition) is 1. The molecule has 0 aliphatic carbocycles. The number of likely N-dealkylation sites (N-methyl/N-ethyl adjacent to an activating group) is 1. The molecule has 0 radical (unpaired) electrons. The van der Waals surface area contributed by atoms with Gasteiger partial charge in [0.25, 0.3) is 0 Å². The molecular weight excluding hydrogens is 236 g/mol. The lowest BCUT2D eigenvalue weighted by Crippen LogP contribution is -2.57. The van der Waals surface area contributed by atoms with Gasteiger partial charge in [-0.05, 0) is 33.9 Å². The van der Waals surface area contributed by atoms with Crippen LogP contribution in [0.4, 0.5) is 0 Å². The van der Waals surface area contributed by atoms with Crippen LogP contribution in [0.5, 0.6) is 0 Å². The van der Waals surface area contributed by atoms with Gasteiger partial charge in [0.1, 0.15) is 0 Å². The summed E-state index contributed by atoms with van der Waals surface area (Å²) in [6.07, 6.45) is 0. The fraction of sp³-hybridized carbons (Fsp3) is 1.00. The first-order valence-corrected chi connectivity index (χ1v) is 7.75. The van der Waals surface area contributed by atoms with Crippen molar-refractivity contribution in [3.8, 4) is 0 Å². The topological polar surface area (TPSA) is 21.8 Å². The van der Waals surface area contributed by atoms with E-state index in [1.807, 2.05) is 0 Å². The van der Waals surface area contributed by atoms with E-state index >= 15 is 0 Å². The maximum Gasteiger partial charge on any atom is 0.0281 e. The van der Waals surface area contributed by atoms with Gasteiger partial charge in [0.2, 0.25) is 0 Å². The third-order valence-corrected chi connectivity index (χ3v) is 4.90. The van der Waals surface area contributed by atoms with E-state index < -0.39 is 0 Å². The molecule has 0 spiro atoms. The zero-order valence-electron chi connectivity index (χ0n) is 13.4. The van der Waals surface area contributed by atoms with Crippen molar-refractivity contribution in [3.63, 3.8) is 0 Å². The second kappa shape index (κ2) is 6.08. The minimum Gasteiger partial charge on any atom is -0.314 e. The van der Waals surface area contributed by atoms with Gasteiger partial charge in [-0.15, -0.1) is 0 Å². The van der Waals surface area contributed by atoms with Crippen molar-refractivity contribution in [1.29, 1.82) is 0 Å². The zero-order valence-corrected chi connectivity index (χ0v) is 13.4. The smallest absolute Gasteiger partial charge is 0.0281 e. The summed E-state index contributed by atoms with van der Waals surface area (Å²) in [4.78, 5) is 7.71. The van der Waals surface area contributed by atoms with Gasteiger partial charge in [0.15, 0.2) is 0 Å². The number of rotatable bonds is 4. The van der Waals surface area contributed by atoms with E-state index in [2.05, 4.69) is 54.9 Å². The van der Waals surface area contributed by atoms with Crippen LogP contribution in [-0.2, 0) is 0 Å². The van der Waals surface area contributed by atoms with Gasteiger partial charge in [-0.25, -0.2) is 0 Å². The number of piperazine rings is 1. The van der Waals surface area contributed by atoms with Crippen molar-refractivity contribution in [2.75, 3.05) is 59.9 Å². The molecular formula is C15H32N4. The third-order valence-electron chi connectivity index (χ3n) is 4.90. The highest BCUT2D eigenvalue weighted by Gasteiger charge is 2.36. The lowest BCUT2D eigenvalue weighted by Gasteiger charge is -2.43. The van der Waals surface area contributed by atoms with Crippen LogP contribution >= 0.6 is 0 Å². The molecule has 2 saturated heterocycles. The first-order valence-electron chi connectivity index (χ1n) is 7.75. The first kappa shape index (κ1) is 15.2. The second-order valence-electron chi connectivity index (χ2n) is 7.25. The molecule has 2 aliphatic rings. The van der Waals surface area contributed by atoms with Gasteiger partial charge >= 0.3 is 0 Å². The molecule has 2 heterocycles. The Morgan fingerprint density at radius 2 is 1.79 bits per heavy atom. The largest absolute Gasteiger partial charge is 0.314 e. The Labute approximate surface area is 119 Å². The number of nitrogens with zero attached hydrogens (tertiary/aromatic N) is 3. The highest BCUT2D eigenvalue weighted by Crippen LogP contribution is 2.24. The Morgan fingerprint density at radius 1 is 1.16 bits per heavy atom. The predicted molar refractivity (Wildman–Crippen MR) is 81.6 cm³/mol. The van der Waals surface area contributed by atoms with E-state index in [4.69, 9.17) is 0 Å². The van der Waals surface area contributed by atoms with Gasteiger partial charge in [-0.3, -0.25) is 9.80 Å². The van der Waals surface area contributed by atoms with Crippen molar-refractivity contribution in [2.24, 2.45) is 5.92 Å². The van der Waals surface area contributed by atoms with E-state index in [1.165, 1.54) is 32.7 Å². The SMILES string of the molecule is CC1CN(CC(C)(C)N2CCNCC2)CC1N(C)C. The average molecular weight is 268 g/mol. The van der Waals surface area contributed by atoms with Crippen LogP contribution in [0.1, 0.15) is 20.8 Å². The number of likely N-dealkylation sites (tertiary alicyclic amines) is 1. The second-order valence-corrected chi connectivity index (χ2v) is 7.25. The summed E-state index contributed by atoms with van der Waals surface area (Å²) in [5.41, 5.74) is 0.295. The Balaban J connectivity index is 1.89. The number of hydrogen-bond acceptors (Lipinski definition) is 4. The van der Waals surface area contributed by atoms with Crippen LogP contribution < -0.4 is 5.32 Å². The first-order chi connectivity index (χ1) is 8.90. The van der Waals surface area contributed by atoms with Crippen molar-refractivity contribution in [3.05, 3.63) is 0 Å². The molecule has 2 aliphatic heterocycles. The summed E-state index contributed by atoms with van der Waals surface area (Å²) in [5.74, 6) is 0.786. The summed E-state index contributed by atoms with van der Waals surface area (Å²) >= 11 is 0. The summed E-state index contributed by atoms with van der Waals surface area (Å²) in [6, 6.07) is 0.721.